The molecular weight excluding hydrogens is 212 g/mol. The zero-order chi connectivity index (χ0) is 12.3. The predicted molar refractivity (Wildman–Crippen MR) is 65.4 cm³/mol. The standard InChI is InChI=1S/C14H14N2O/c1-11-7-8-16(10-13(11)14(15)17)9-12-5-3-2-4-6-12/h2-8,10H,9H2,1H3,(H-,15,17)/p+1. The number of pyridine rings is 1. The number of benzene rings is 1. The summed E-state index contributed by atoms with van der Waals surface area (Å²) in [6.07, 6.45) is 3.75. The molecule has 0 aliphatic carbocycles. The van der Waals surface area contributed by atoms with Crippen molar-refractivity contribution in [2.45, 2.75) is 13.5 Å². The normalized spacial score (nSPS) is 10.2. The molecule has 0 aliphatic heterocycles. The number of primary amides is 1. The highest BCUT2D eigenvalue weighted by atomic mass is 16.1. The molecule has 86 valence electrons. The van der Waals surface area contributed by atoms with Crippen molar-refractivity contribution in [2.24, 2.45) is 5.73 Å². The number of carbonyl (C=O) groups is 1. The molecule has 0 atom stereocenters. The zero-order valence-electron chi connectivity index (χ0n) is 9.76. The maximum absolute atomic E-state index is 11.2. The van der Waals surface area contributed by atoms with Gasteiger partial charge in [-0.1, -0.05) is 30.3 Å². The number of nitrogens with zero attached hydrogens (tertiary/aromatic N) is 1. The van der Waals surface area contributed by atoms with Crippen LogP contribution in [-0.2, 0) is 6.54 Å². The summed E-state index contributed by atoms with van der Waals surface area (Å²) < 4.78 is 1.96. The van der Waals surface area contributed by atoms with E-state index in [1.807, 2.05) is 42.0 Å². The number of nitrogens with two attached hydrogens (primary N) is 1. The highest BCUT2D eigenvalue weighted by molar-refractivity contribution is 5.93. The Morgan fingerprint density at radius 1 is 1.24 bits per heavy atom. The average molecular weight is 227 g/mol. The molecule has 2 N–H and O–H groups in total. The third kappa shape index (κ3) is 2.69. The molecule has 0 saturated heterocycles. The summed E-state index contributed by atoms with van der Waals surface area (Å²) in [5.41, 5.74) is 7.99. The van der Waals surface area contributed by atoms with Crippen molar-refractivity contribution in [1.82, 2.24) is 0 Å². The van der Waals surface area contributed by atoms with Crippen molar-refractivity contribution < 1.29 is 9.36 Å². The van der Waals surface area contributed by atoms with Crippen molar-refractivity contribution in [3.63, 3.8) is 0 Å². The first-order valence-corrected chi connectivity index (χ1v) is 5.50. The fourth-order valence-electron chi connectivity index (χ4n) is 1.76. The van der Waals surface area contributed by atoms with Crippen LogP contribution in [0.5, 0.6) is 0 Å². The minimum Gasteiger partial charge on any atom is -0.365 e. The lowest BCUT2D eigenvalue weighted by molar-refractivity contribution is -0.688. The average Bonchev–Trinajstić information content (AvgIpc) is 2.32. The summed E-state index contributed by atoms with van der Waals surface area (Å²) in [6, 6.07) is 12.0. The molecule has 1 amide bonds. The quantitative estimate of drug-likeness (QED) is 0.792. The van der Waals surface area contributed by atoms with E-state index in [4.69, 9.17) is 5.73 Å². The van der Waals surface area contributed by atoms with Crippen molar-refractivity contribution in [3.05, 3.63) is 65.5 Å². The highest BCUT2D eigenvalue weighted by Gasteiger charge is 2.11. The SMILES string of the molecule is Cc1cc[n+](Cc2ccccc2)cc1C(N)=O. The van der Waals surface area contributed by atoms with Crippen LogP contribution in [0.15, 0.2) is 48.8 Å². The number of carbonyl (C=O) groups excluding carboxylic acids is 1. The van der Waals surface area contributed by atoms with Gasteiger partial charge in [0.2, 0.25) is 0 Å². The number of amides is 1. The monoisotopic (exact) mass is 227 g/mol. The van der Waals surface area contributed by atoms with E-state index in [0.29, 0.717) is 5.56 Å². The Balaban J connectivity index is 2.29. The molecule has 0 saturated carbocycles. The van der Waals surface area contributed by atoms with E-state index in [9.17, 15) is 4.79 Å². The van der Waals surface area contributed by atoms with Crippen LogP contribution >= 0.6 is 0 Å². The second-order valence-corrected chi connectivity index (χ2v) is 4.06. The van der Waals surface area contributed by atoms with Gasteiger partial charge in [-0.3, -0.25) is 4.79 Å². The molecule has 0 spiro atoms. The van der Waals surface area contributed by atoms with Gasteiger partial charge in [-0.05, 0) is 12.5 Å². The molecule has 1 heterocycles. The smallest absolute Gasteiger partial charge is 0.255 e. The minimum atomic E-state index is -0.384. The van der Waals surface area contributed by atoms with E-state index in [0.717, 1.165) is 12.1 Å². The van der Waals surface area contributed by atoms with Crippen LogP contribution in [0.25, 0.3) is 0 Å². The van der Waals surface area contributed by atoms with Gasteiger partial charge in [-0.25, -0.2) is 0 Å². The molecule has 0 fully saturated rings. The topological polar surface area (TPSA) is 47.0 Å². The molecule has 3 heteroatoms. The van der Waals surface area contributed by atoms with E-state index in [1.54, 1.807) is 6.20 Å². The van der Waals surface area contributed by atoms with Crippen molar-refractivity contribution >= 4 is 5.91 Å². The molecule has 1 aromatic heterocycles. The van der Waals surface area contributed by atoms with Gasteiger partial charge in [-0.2, -0.15) is 4.57 Å². The molecule has 0 bridgehead atoms. The molecule has 0 radical (unpaired) electrons. The van der Waals surface area contributed by atoms with E-state index in [-0.39, 0.29) is 5.91 Å². The second-order valence-electron chi connectivity index (χ2n) is 4.06. The predicted octanol–water partition coefficient (Wildman–Crippen LogP) is 1.43. The van der Waals surface area contributed by atoms with E-state index >= 15 is 0 Å². The molecule has 17 heavy (non-hydrogen) atoms. The first-order valence-electron chi connectivity index (χ1n) is 5.50. The van der Waals surface area contributed by atoms with Gasteiger partial charge < -0.3 is 5.73 Å². The van der Waals surface area contributed by atoms with Gasteiger partial charge in [0.15, 0.2) is 18.9 Å². The molecule has 3 nitrogen and oxygen atoms in total. The third-order valence-corrected chi connectivity index (χ3v) is 2.71. The van der Waals surface area contributed by atoms with Crippen LogP contribution in [0.1, 0.15) is 21.5 Å². The fourth-order valence-corrected chi connectivity index (χ4v) is 1.76. The maximum Gasteiger partial charge on any atom is 0.255 e. The summed E-state index contributed by atoms with van der Waals surface area (Å²) in [6.45, 7) is 2.62. The Kier molecular flexibility index (Phi) is 3.19. The van der Waals surface area contributed by atoms with Crippen molar-refractivity contribution in [2.75, 3.05) is 0 Å². The maximum atomic E-state index is 11.2. The van der Waals surface area contributed by atoms with E-state index < -0.39 is 0 Å². The Morgan fingerprint density at radius 3 is 2.59 bits per heavy atom. The number of hydrogen-bond donors (Lipinski definition) is 1. The van der Waals surface area contributed by atoms with Crippen LogP contribution in [-0.4, -0.2) is 5.91 Å². The van der Waals surface area contributed by atoms with Crippen LogP contribution in [0.2, 0.25) is 0 Å². The van der Waals surface area contributed by atoms with E-state index in [1.165, 1.54) is 5.56 Å². The zero-order valence-corrected chi connectivity index (χ0v) is 9.76. The summed E-state index contributed by atoms with van der Waals surface area (Å²) >= 11 is 0. The number of aromatic nitrogens is 1. The molecular formula is C14H15N2O+. The molecule has 2 aromatic rings. The number of rotatable bonds is 3. The summed E-state index contributed by atoms with van der Waals surface area (Å²) in [4.78, 5) is 11.2. The van der Waals surface area contributed by atoms with Crippen LogP contribution in [0.3, 0.4) is 0 Å². The summed E-state index contributed by atoms with van der Waals surface area (Å²) in [5, 5.41) is 0. The lowest BCUT2D eigenvalue weighted by Gasteiger charge is -2.01. The van der Waals surface area contributed by atoms with Gasteiger partial charge in [0.05, 0.1) is 0 Å². The van der Waals surface area contributed by atoms with Gasteiger partial charge in [0.25, 0.3) is 5.91 Å². The Morgan fingerprint density at radius 2 is 1.94 bits per heavy atom. The van der Waals surface area contributed by atoms with Crippen molar-refractivity contribution in [3.8, 4) is 0 Å². The lowest BCUT2D eigenvalue weighted by Crippen LogP contribution is -2.35. The third-order valence-electron chi connectivity index (χ3n) is 2.71. The van der Waals surface area contributed by atoms with Crippen LogP contribution < -0.4 is 10.3 Å². The Labute approximate surface area is 101 Å². The second kappa shape index (κ2) is 4.78. The van der Waals surface area contributed by atoms with Gasteiger partial charge in [-0.15, -0.1) is 0 Å². The van der Waals surface area contributed by atoms with Gasteiger partial charge in [0, 0.05) is 11.6 Å². The highest BCUT2D eigenvalue weighted by Crippen LogP contribution is 2.04. The first-order chi connectivity index (χ1) is 8.16. The Hall–Kier alpha value is -2.16. The Bertz CT molecular complexity index is 535. The minimum absolute atomic E-state index is 0.384. The van der Waals surface area contributed by atoms with Gasteiger partial charge in [0.1, 0.15) is 5.56 Å². The van der Waals surface area contributed by atoms with Crippen LogP contribution in [0.4, 0.5) is 0 Å². The van der Waals surface area contributed by atoms with E-state index in [2.05, 4.69) is 12.1 Å². The largest absolute Gasteiger partial charge is 0.365 e. The van der Waals surface area contributed by atoms with Crippen LogP contribution in [0, 0.1) is 6.92 Å². The molecule has 1 aromatic carbocycles. The number of hydrogen-bond acceptors (Lipinski definition) is 1. The van der Waals surface area contributed by atoms with Crippen molar-refractivity contribution in [1.29, 1.82) is 0 Å². The molecule has 0 unspecified atom stereocenters. The lowest BCUT2D eigenvalue weighted by atomic mass is 10.1. The number of aryl methyl sites for hydroxylation is 1. The summed E-state index contributed by atoms with van der Waals surface area (Å²) in [7, 11) is 0. The summed E-state index contributed by atoms with van der Waals surface area (Å²) in [5.74, 6) is -0.384. The van der Waals surface area contributed by atoms with Gasteiger partial charge >= 0.3 is 0 Å². The molecule has 0 aliphatic rings. The first kappa shape index (κ1) is 11.3. The molecule has 2 rings (SSSR count). The fraction of sp³-hybridized carbons (Fsp3) is 0.143.